The van der Waals surface area contributed by atoms with Gasteiger partial charge in [-0.2, -0.15) is 5.10 Å². The van der Waals surface area contributed by atoms with Gasteiger partial charge in [0.05, 0.1) is 17.4 Å². The van der Waals surface area contributed by atoms with Crippen molar-refractivity contribution in [3.05, 3.63) is 93.6 Å². The summed E-state index contributed by atoms with van der Waals surface area (Å²) in [7, 11) is 0. The molecule has 28 heavy (non-hydrogen) atoms. The van der Waals surface area contributed by atoms with Crippen molar-refractivity contribution < 1.29 is 4.79 Å². The van der Waals surface area contributed by atoms with Crippen molar-refractivity contribution in [2.45, 2.75) is 19.4 Å². The first-order valence-electron chi connectivity index (χ1n) is 9.16. The van der Waals surface area contributed by atoms with E-state index in [4.69, 9.17) is 5.10 Å². The lowest BCUT2D eigenvalue weighted by Crippen LogP contribution is -2.19. The Kier molecular flexibility index (Phi) is 5.43. The molecule has 4 rings (SSSR count). The zero-order chi connectivity index (χ0) is 19.5. The van der Waals surface area contributed by atoms with E-state index in [9.17, 15) is 4.79 Å². The minimum Gasteiger partial charge on any atom is -0.326 e. The number of carbonyl (C=O) groups is 1. The number of hydrogen-bond donors (Lipinski definition) is 1. The van der Waals surface area contributed by atoms with E-state index in [0.717, 1.165) is 29.1 Å². The fourth-order valence-corrected chi connectivity index (χ4v) is 4.22. The monoisotopic (exact) mass is 481 g/mol. The molecule has 1 aliphatic rings. The maximum atomic E-state index is 11.4. The number of halogens is 1. The maximum Gasteiger partial charge on any atom is 0.221 e. The average molecular weight is 481 g/mol. The van der Waals surface area contributed by atoms with Gasteiger partial charge >= 0.3 is 0 Å². The molecular weight excluding hydrogens is 461 g/mol. The highest BCUT2D eigenvalue weighted by Crippen LogP contribution is 2.38. The molecule has 3 aromatic carbocycles. The summed E-state index contributed by atoms with van der Waals surface area (Å²) in [6, 6.07) is 26.7. The molecule has 0 bridgehead atoms. The van der Waals surface area contributed by atoms with Crippen LogP contribution in [0.5, 0.6) is 0 Å². The van der Waals surface area contributed by atoms with Crippen LogP contribution in [-0.4, -0.2) is 11.6 Å². The second kappa shape index (κ2) is 8.14. The van der Waals surface area contributed by atoms with E-state index in [2.05, 4.69) is 69.3 Å². The molecule has 5 heteroatoms. The Bertz CT molecular complexity index is 1030. The van der Waals surface area contributed by atoms with Gasteiger partial charge in [0.25, 0.3) is 0 Å². The first kappa shape index (κ1) is 18.7. The number of nitrogens with zero attached hydrogens (tertiary/aromatic N) is 2. The minimum atomic E-state index is -0.0758. The molecule has 0 saturated heterocycles. The van der Waals surface area contributed by atoms with Crippen molar-refractivity contribution in [2.24, 2.45) is 5.10 Å². The number of amides is 1. The first-order valence-corrected chi connectivity index (χ1v) is 10.2. The van der Waals surface area contributed by atoms with Crippen LogP contribution in [0.25, 0.3) is 0 Å². The number of rotatable bonds is 4. The quantitative estimate of drug-likeness (QED) is 0.493. The highest BCUT2D eigenvalue weighted by molar-refractivity contribution is 14.1. The normalized spacial score (nSPS) is 16.0. The van der Waals surface area contributed by atoms with E-state index < -0.39 is 0 Å². The van der Waals surface area contributed by atoms with Gasteiger partial charge in [-0.25, -0.2) is 0 Å². The van der Waals surface area contributed by atoms with E-state index in [-0.39, 0.29) is 11.9 Å². The summed E-state index contributed by atoms with van der Waals surface area (Å²) in [4.78, 5) is 11.4. The van der Waals surface area contributed by atoms with Gasteiger partial charge in [0, 0.05) is 22.6 Å². The minimum absolute atomic E-state index is 0.0758. The summed E-state index contributed by atoms with van der Waals surface area (Å²) >= 11 is 2.39. The van der Waals surface area contributed by atoms with Crippen molar-refractivity contribution in [3.8, 4) is 0 Å². The number of nitrogens with one attached hydrogen (secondary N) is 1. The van der Waals surface area contributed by atoms with Gasteiger partial charge in [-0.3, -0.25) is 9.80 Å². The third-order valence-electron chi connectivity index (χ3n) is 4.71. The lowest BCUT2D eigenvalue weighted by Gasteiger charge is -2.24. The SMILES string of the molecule is CC(=O)Nc1cccc(C2=NN(c3ccccc3)C(c3ccccc3I)C2)c1. The maximum absolute atomic E-state index is 11.4. The molecule has 0 saturated carbocycles. The first-order chi connectivity index (χ1) is 13.6. The molecule has 0 fully saturated rings. The smallest absolute Gasteiger partial charge is 0.221 e. The summed E-state index contributed by atoms with van der Waals surface area (Å²) in [5.41, 5.74) is 5.17. The van der Waals surface area contributed by atoms with Crippen LogP contribution in [0.15, 0.2) is 84.0 Å². The standard InChI is InChI=1S/C23H20IN3O/c1-16(28)25-18-9-7-8-17(14-18)22-15-23(20-12-5-6-13-21(20)24)27(26-22)19-10-3-2-4-11-19/h2-14,23H,15H2,1H3,(H,25,28). The predicted molar refractivity (Wildman–Crippen MR) is 123 cm³/mol. The second-order valence-electron chi connectivity index (χ2n) is 6.73. The number of anilines is 2. The van der Waals surface area contributed by atoms with Gasteiger partial charge in [0.2, 0.25) is 5.91 Å². The molecule has 3 aromatic rings. The van der Waals surface area contributed by atoms with E-state index in [0.29, 0.717) is 0 Å². The van der Waals surface area contributed by atoms with Crippen LogP contribution in [0.4, 0.5) is 11.4 Å². The molecule has 0 spiro atoms. The van der Waals surface area contributed by atoms with Crippen molar-refractivity contribution in [2.75, 3.05) is 10.3 Å². The van der Waals surface area contributed by atoms with E-state index in [1.807, 2.05) is 42.5 Å². The molecule has 1 N–H and O–H groups in total. The highest BCUT2D eigenvalue weighted by Gasteiger charge is 2.31. The highest BCUT2D eigenvalue weighted by atomic mass is 127. The van der Waals surface area contributed by atoms with Crippen molar-refractivity contribution >= 4 is 45.6 Å². The number of carbonyl (C=O) groups excluding carboxylic acids is 1. The fourth-order valence-electron chi connectivity index (χ4n) is 3.47. The third-order valence-corrected chi connectivity index (χ3v) is 5.69. The van der Waals surface area contributed by atoms with Crippen LogP contribution in [0.1, 0.15) is 30.5 Å². The summed E-state index contributed by atoms with van der Waals surface area (Å²) in [6.45, 7) is 1.52. The summed E-state index contributed by atoms with van der Waals surface area (Å²) in [6.07, 6.45) is 0.804. The third kappa shape index (κ3) is 3.94. The number of benzene rings is 3. The second-order valence-corrected chi connectivity index (χ2v) is 7.89. The number of hydrogen-bond acceptors (Lipinski definition) is 3. The Labute approximate surface area is 178 Å². The molecule has 1 aliphatic heterocycles. The number of para-hydroxylation sites is 1. The van der Waals surface area contributed by atoms with Gasteiger partial charge < -0.3 is 5.32 Å². The fraction of sp³-hybridized carbons (Fsp3) is 0.130. The molecule has 140 valence electrons. The molecular formula is C23H20IN3O. The van der Waals surface area contributed by atoms with Crippen LogP contribution in [-0.2, 0) is 4.79 Å². The molecule has 1 heterocycles. The Hall–Kier alpha value is -2.67. The van der Waals surface area contributed by atoms with Gasteiger partial charge in [-0.15, -0.1) is 0 Å². The average Bonchev–Trinajstić information content (AvgIpc) is 3.14. The molecule has 0 radical (unpaired) electrons. The van der Waals surface area contributed by atoms with Crippen LogP contribution in [0.2, 0.25) is 0 Å². The van der Waals surface area contributed by atoms with E-state index >= 15 is 0 Å². The Morgan fingerprint density at radius 2 is 1.79 bits per heavy atom. The van der Waals surface area contributed by atoms with Gasteiger partial charge in [0.15, 0.2) is 0 Å². The molecule has 0 aromatic heterocycles. The van der Waals surface area contributed by atoms with Crippen LogP contribution < -0.4 is 10.3 Å². The van der Waals surface area contributed by atoms with E-state index in [1.165, 1.54) is 16.1 Å². The summed E-state index contributed by atoms with van der Waals surface area (Å²) in [5.74, 6) is -0.0758. The van der Waals surface area contributed by atoms with Crippen molar-refractivity contribution in [3.63, 3.8) is 0 Å². The topological polar surface area (TPSA) is 44.7 Å². The summed E-state index contributed by atoms with van der Waals surface area (Å²) in [5, 5.41) is 9.95. The molecule has 0 aliphatic carbocycles. The van der Waals surface area contributed by atoms with Crippen molar-refractivity contribution in [1.29, 1.82) is 0 Å². The van der Waals surface area contributed by atoms with Crippen LogP contribution in [0.3, 0.4) is 0 Å². The molecule has 4 nitrogen and oxygen atoms in total. The Morgan fingerprint density at radius 3 is 2.54 bits per heavy atom. The van der Waals surface area contributed by atoms with Crippen LogP contribution >= 0.6 is 22.6 Å². The van der Waals surface area contributed by atoms with Gasteiger partial charge in [0.1, 0.15) is 0 Å². The Morgan fingerprint density at radius 1 is 1.04 bits per heavy atom. The predicted octanol–water partition coefficient (Wildman–Crippen LogP) is 5.61. The lowest BCUT2D eigenvalue weighted by atomic mass is 9.98. The van der Waals surface area contributed by atoms with Crippen molar-refractivity contribution in [1.82, 2.24) is 0 Å². The number of hydrazone groups is 1. The molecule has 1 unspecified atom stereocenters. The largest absolute Gasteiger partial charge is 0.326 e. The lowest BCUT2D eigenvalue weighted by molar-refractivity contribution is -0.114. The Balaban J connectivity index is 1.74. The molecule has 1 amide bonds. The van der Waals surface area contributed by atoms with E-state index in [1.54, 1.807) is 0 Å². The zero-order valence-corrected chi connectivity index (χ0v) is 17.6. The summed E-state index contributed by atoms with van der Waals surface area (Å²) < 4.78 is 1.23. The molecule has 1 atom stereocenters. The van der Waals surface area contributed by atoms with Gasteiger partial charge in [-0.05, 0) is 64.0 Å². The van der Waals surface area contributed by atoms with Crippen LogP contribution in [0, 0.1) is 3.57 Å². The zero-order valence-electron chi connectivity index (χ0n) is 15.5. The van der Waals surface area contributed by atoms with Gasteiger partial charge in [-0.1, -0.05) is 48.5 Å².